The second-order valence-electron chi connectivity index (χ2n) is 3.25. The van der Waals surface area contributed by atoms with Gasteiger partial charge in [-0.2, -0.15) is 0 Å². The van der Waals surface area contributed by atoms with Crippen LogP contribution in [0.1, 0.15) is 20.8 Å². The van der Waals surface area contributed by atoms with Crippen LogP contribution in [-0.2, 0) is 9.53 Å². The summed E-state index contributed by atoms with van der Waals surface area (Å²) in [5.41, 5.74) is 0. The molecule has 0 heterocycles. The van der Waals surface area contributed by atoms with E-state index in [0.717, 1.165) is 6.54 Å². The minimum atomic E-state index is -0.296. The van der Waals surface area contributed by atoms with E-state index in [4.69, 9.17) is 4.74 Å². The van der Waals surface area contributed by atoms with Crippen LogP contribution in [0.5, 0.6) is 0 Å². The summed E-state index contributed by atoms with van der Waals surface area (Å²) in [6.07, 6.45) is -0.296. The highest BCUT2D eigenvalue weighted by Crippen LogP contribution is 2.08. The van der Waals surface area contributed by atoms with Gasteiger partial charge in [-0.15, -0.1) is 0 Å². The van der Waals surface area contributed by atoms with Crippen LogP contribution in [0.4, 0.5) is 0 Å². The van der Waals surface area contributed by atoms with E-state index in [0.29, 0.717) is 0 Å². The summed E-state index contributed by atoms with van der Waals surface area (Å²) in [6.45, 7) is 6.64. The van der Waals surface area contributed by atoms with Crippen LogP contribution in [0.25, 0.3) is 0 Å². The summed E-state index contributed by atoms with van der Waals surface area (Å²) in [5, 5.41) is 0. The highest BCUT2D eigenvalue weighted by molar-refractivity contribution is 5.80. The number of amides is 1. The third-order valence-corrected chi connectivity index (χ3v) is 1.95. The molecule has 1 amide bonds. The minimum absolute atomic E-state index is 0.0648. The topological polar surface area (TPSA) is 29.5 Å². The van der Waals surface area contributed by atoms with Crippen LogP contribution in [0.15, 0.2) is 0 Å². The zero-order valence-electron chi connectivity index (χ0n) is 8.63. The number of methoxy groups -OCH3 is 1. The van der Waals surface area contributed by atoms with E-state index < -0.39 is 0 Å². The molecule has 0 saturated heterocycles. The zero-order chi connectivity index (χ0) is 9.72. The molecule has 0 aliphatic rings. The van der Waals surface area contributed by atoms with Crippen molar-refractivity contribution in [3.8, 4) is 0 Å². The van der Waals surface area contributed by atoms with Crippen molar-refractivity contribution in [2.24, 2.45) is 5.92 Å². The smallest absolute Gasteiger partial charge is 0.251 e. The summed E-state index contributed by atoms with van der Waals surface area (Å²) < 4.78 is 5.11. The second-order valence-corrected chi connectivity index (χ2v) is 3.25. The Balaban J connectivity index is 4.21. The molecule has 3 heteroatoms. The minimum Gasteiger partial charge on any atom is -0.371 e. The molecule has 0 radical (unpaired) electrons. The van der Waals surface area contributed by atoms with Gasteiger partial charge in [0, 0.05) is 20.7 Å². The summed E-state index contributed by atoms with van der Waals surface area (Å²) in [5.74, 6) is 0.298. The van der Waals surface area contributed by atoms with Gasteiger partial charge in [-0.1, -0.05) is 13.8 Å². The molecule has 72 valence electrons. The fourth-order valence-corrected chi connectivity index (χ4v) is 1.03. The maximum Gasteiger partial charge on any atom is 0.251 e. The van der Waals surface area contributed by atoms with Gasteiger partial charge in [0.25, 0.3) is 5.91 Å². The summed E-state index contributed by atoms with van der Waals surface area (Å²) in [7, 11) is 3.36. The number of ether oxygens (including phenoxy) is 1. The average Bonchev–Trinajstić information content (AvgIpc) is 2.03. The lowest BCUT2D eigenvalue weighted by Crippen LogP contribution is -2.40. The van der Waals surface area contributed by atoms with Gasteiger partial charge in [-0.3, -0.25) is 4.79 Å². The van der Waals surface area contributed by atoms with Crippen molar-refractivity contribution in [2.75, 3.05) is 20.7 Å². The molecule has 0 aromatic rings. The molecule has 0 aliphatic heterocycles. The molecule has 1 unspecified atom stereocenters. The molecule has 0 fully saturated rings. The van der Waals surface area contributed by atoms with E-state index >= 15 is 0 Å². The Morgan fingerprint density at radius 2 is 2.00 bits per heavy atom. The molecular weight excluding hydrogens is 154 g/mol. The van der Waals surface area contributed by atoms with Crippen molar-refractivity contribution in [3.05, 3.63) is 0 Å². The van der Waals surface area contributed by atoms with Crippen molar-refractivity contribution < 1.29 is 9.53 Å². The number of likely N-dealkylation sites (N-methyl/N-ethyl adjacent to an activating group) is 1. The highest BCUT2D eigenvalue weighted by atomic mass is 16.5. The van der Waals surface area contributed by atoms with Crippen LogP contribution in [0.3, 0.4) is 0 Å². The fourth-order valence-electron chi connectivity index (χ4n) is 1.03. The van der Waals surface area contributed by atoms with E-state index in [1.807, 2.05) is 20.8 Å². The monoisotopic (exact) mass is 173 g/mol. The molecule has 0 saturated carbocycles. The number of nitrogens with zero attached hydrogens (tertiary/aromatic N) is 1. The molecular formula is C9H19NO2. The lowest BCUT2D eigenvalue weighted by atomic mass is 10.1. The Bertz CT molecular complexity index is 145. The molecule has 0 spiro atoms. The first-order chi connectivity index (χ1) is 5.54. The Kier molecular flexibility index (Phi) is 4.90. The zero-order valence-corrected chi connectivity index (χ0v) is 8.63. The first-order valence-electron chi connectivity index (χ1n) is 4.32. The Labute approximate surface area is 74.7 Å². The van der Waals surface area contributed by atoms with Crippen molar-refractivity contribution in [3.63, 3.8) is 0 Å². The van der Waals surface area contributed by atoms with Gasteiger partial charge in [0.05, 0.1) is 0 Å². The van der Waals surface area contributed by atoms with Gasteiger partial charge in [0.1, 0.15) is 6.10 Å². The summed E-state index contributed by atoms with van der Waals surface area (Å²) >= 11 is 0. The third kappa shape index (κ3) is 2.81. The van der Waals surface area contributed by atoms with Crippen LogP contribution >= 0.6 is 0 Å². The highest BCUT2D eigenvalue weighted by Gasteiger charge is 2.23. The first-order valence-corrected chi connectivity index (χ1v) is 4.32. The van der Waals surface area contributed by atoms with E-state index in [2.05, 4.69) is 0 Å². The normalized spacial score (nSPS) is 13.2. The summed E-state index contributed by atoms with van der Waals surface area (Å²) in [6, 6.07) is 0. The van der Waals surface area contributed by atoms with Crippen LogP contribution in [0.2, 0.25) is 0 Å². The van der Waals surface area contributed by atoms with Crippen molar-refractivity contribution >= 4 is 5.91 Å². The molecule has 0 rings (SSSR count). The molecule has 0 N–H and O–H groups in total. The maximum absolute atomic E-state index is 11.5. The molecule has 0 aliphatic carbocycles. The molecule has 3 nitrogen and oxygen atoms in total. The van der Waals surface area contributed by atoms with E-state index in [1.54, 1.807) is 19.1 Å². The first kappa shape index (κ1) is 11.4. The standard InChI is InChI=1S/C9H19NO2/c1-6-10(4)9(11)8(12-5)7(2)3/h7-8H,6H2,1-5H3. The third-order valence-electron chi connectivity index (χ3n) is 1.95. The fraction of sp³-hybridized carbons (Fsp3) is 0.889. The van der Waals surface area contributed by atoms with Gasteiger partial charge in [-0.25, -0.2) is 0 Å². The number of carbonyl (C=O) groups is 1. The molecule has 12 heavy (non-hydrogen) atoms. The number of hydrogen-bond donors (Lipinski definition) is 0. The van der Waals surface area contributed by atoms with Crippen LogP contribution < -0.4 is 0 Å². The van der Waals surface area contributed by atoms with Crippen LogP contribution in [0, 0.1) is 5.92 Å². The van der Waals surface area contributed by atoms with Gasteiger partial charge in [0.15, 0.2) is 0 Å². The summed E-state index contributed by atoms with van der Waals surface area (Å²) in [4.78, 5) is 13.2. The lowest BCUT2D eigenvalue weighted by molar-refractivity contribution is -0.142. The van der Waals surface area contributed by atoms with E-state index in [9.17, 15) is 4.79 Å². The van der Waals surface area contributed by atoms with Crippen molar-refractivity contribution in [1.29, 1.82) is 0 Å². The van der Waals surface area contributed by atoms with Crippen LogP contribution in [-0.4, -0.2) is 37.6 Å². The van der Waals surface area contributed by atoms with Gasteiger partial charge in [-0.05, 0) is 12.8 Å². The molecule has 0 bridgehead atoms. The van der Waals surface area contributed by atoms with E-state index in [-0.39, 0.29) is 17.9 Å². The van der Waals surface area contributed by atoms with Gasteiger partial charge in [0.2, 0.25) is 0 Å². The molecule has 0 aromatic carbocycles. The van der Waals surface area contributed by atoms with Crippen molar-refractivity contribution in [2.45, 2.75) is 26.9 Å². The predicted molar refractivity (Wildman–Crippen MR) is 48.9 cm³/mol. The predicted octanol–water partition coefficient (Wildman–Crippen LogP) is 1.14. The quantitative estimate of drug-likeness (QED) is 0.638. The number of carbonyl (C=O) groups excluding carboxylic acids is 1. The average molecular weight is 173 g/mol. The Morgan fingerprint density at radius 1 is 1.50 bits per heavy atom. The van der Waals surface area contributed by atoms with Gasteiger partial charge < -0.3 is 9.64 Å². The number of rotatable bonds is 4. The SMILES string of the molecule is CCN(C)C(=O)C(OC)C(C)C. The van der Waals surface area contributed by atoms with E-state index in [1.165, 1.54) is 0 Å². The van der Waals surface area contributed by atoms with Gasteiger partial charge >= 0.3 is 0 Å². The maximum atomic E-state index is 11.5. The molecule has 0 aromatic heterocycles. The largest absolute Gasteiger partial charge is 0.371 e. The Hall–Kier alpha value is -0.570. The van der Waals surface area contributed by atoms with Crippen molar-refractivity contribution in [1.82, 2.24) is 4.90 Å². The number of hydrogen-bond acceptors (Lipinski definition) is 2. The molecule has 1 atom stereocenters. The second kappa shape index (κ2) is 5.14. The lowest BCUT2D eigenvalue weighted by Gasteiger charge is -2.23. The Morgan fingerprint density at radius 3 is 2.25 bits per heavy atom.